The van der Waals surface area contributed by atoms with Crippen molar-refractivity contribution in [1.29, 1.82) is 0 Å². The van der Waals surface area contributed by atoms with Gasteiger partial charge in [0.05, 0.1) is 9.89 Å². The van der Waals surface area contributed by atoms with Gasteiger partial charge in [0.25, 0.3) is 5.91 Å². The third-order valence-electron chi connectivity index (χ3n) is 4.20. The number of benzene rings is 1. The van der Waals surface area contributed by atoms with Crippen LogP contribution in [-0.4, -0.2) is 35.0 Å². The van der Waals surface area contributed by atoms with Gasteiger partial charge in [-0.05, 0) is 60.0 Å². The molecular formula is C16H16BrNO4. The van der Waals surface area contributed by atoms with Crippen molar-refractivity contribution in [2.75, 3.05) is 13.1 Å². The largest absolute Gasteiger partial charge is 0.481 e. The van der Waals surface area contributed by atoms with Gasteiger partial charge in [-0.2, -0.15) is 0 Å². The Hall–Kier alpha value is -1.82. The van der Waals surface area contributed by atoms with Crippen LogP contribution in [0.5, 0.6) is 0 Å². The maximum Gasteiger partial charge on any atom is 0.311 e. The van der Waals surface area contributed by atoms with E-state index in [0.717, 1.165) is 15.4 Å². The summed E-state index contributed by atoms with van der Waals surface area (Å²) in [6.45, 7) is 4.27. The summed E-state index contributed by atoms with van der Waals surface area (Å²) in [6.07, 6.45) is 0.455. The number of halogens is 1. The molecule has 1 aromatic heterocycles. The lowest BCUT2D eigenvalue weighted by Crippen LogP contribution is -2.34. The lowest BCUT2D eigenvalue weighted by Gasteiger charge is -2.19. The van der Waals surface area contributed by atoms with Gasteiger partial charge in [-0.15, -0.1) is 0 Å². The molecule has 5 nitrogen and oxygen atoms in total. The Balaban J connectivity index is 1.90. The van der Waals surface area contributed by atoms with Gasteiger partial charge in [0.1, 0.15) is 5.58 Å². The smallest absolute Gasteiger partial charge is 0.311 e. The number of hydrogen-bond donors (Lipinski definition) is 1. The van der Waals surface area contributed by atoms with E-state index in [4.69, 9.17) is 4.42 Å². The molecular weight excluding hydrogens is 350 g/mol. The number of carboxylic acid groups (broad SMARTS) is 1. The van der Waals surface area contributed by atoms with Crippen molar-refractivity contribution in [2.45, 2.75) is 20.3 Å². The SMILES string of the molecule is Cc1cc(Br)c2oc(C(=O)N3CCC(C)(C(=O)O)C3)cc2c1. The highest BCUT2D eigenvalue weighted by atomic mass is 79.9. The molecule has 0 spiro atoms. The van der Waals surface area contributed by atoms with Crippen molar-refractivity contribution in [3.8, 4) is 0 Å². The van der Waals surface area contributed by atoms with Gasteiger partial charge >= 0.3 is 5.97 Å². The minimum atomic E-state index is -0.876. The van der Waals surface area contributed by atoms with Crippen LogP contribution in [0.3, 0.4) is 0 Å². The first-order valence-electron chi connectivity index (χ1n) is 7.02. The van der Waals surface area contributed by atoms with Crippen molar-refractivity contribution < 1.29 is 19.1 Å². The Labute approximate surface area is 136 Å². The molecule has 0 aliphatic carbocycles. The van der Waals surface area contributed by atoms with Crippen LogP contribution in [-0.2, 0) is 4.79 Å². The van der Waals surface area contributed by atoms with Crippen LogP contribution in [0.1, 0.15) is 29.5 Å². The van der Waals surface area contributed by atoms with Crippen LogP contribution >= 0.6 is 15.9 Å². The van der Waals surface area contributed by atoms with Crippen molar-refractivity contribution in [2.24, 2.45) is 5.41 Å². The van der Waals surface area contributed by atoms with Crippen LogP contribution in [0.4, 0.5) is 0 Å². The molecule has 1 aromatic carbocycles. The minimum Gasteiger partial charge on any atom is -0.481 e. The third-order valence-corrected chi connectivity index (χ3v) is 4.79. The number of nitrogens with zero attached hydrogens (tertiary/aromatic N) is 1. The number of aryl methyl sites for hydroxylation is 1. The second kappa shape index (κ2) is 5.12. The molecule has 2 heterocycles. The molecule has 1 atom stereocenters. The quantitative estimate of drug-likeness (QED) is 0.884. The second-order valence-electron chi connectivity index (χ2n) is 6.12. The highest BCUT2D eigenvalue weighted by molar-refractivity contribution is 9.10. The Bertz CT molecular complexity index is 782. The predicted octanol–water partition coefficient (Wildman–Crippen LogP) is 3.44. The fourth-order valence-electron chi connectivity index (χ4n) is 2.82. The summed E-state index contributed by atoms with van der Waals surface area (Å²) in [5, 5.41) is 10.1. The standard InChI is InChI=1S/C16H16BrNO4/c1-9-5-10-7-12(22-13(10)11(17)6-9)14(19)18-4-3-16(2,8-18)15(20)21/h5-7H,3-4,8H2,1-2H3,(H,20,21). The molecule has 0 saturated carbocycles. The monoisotopic (exact) mass is 365 g/mol. The molecule has 1 aliphatic rings. The van der Waals surface area contributed by atoms with Crippen LogP contribution < -0.4 is 0 Å². The van der Waals surface area contributed by atoms with Gasteiger partial charge in [-0.25, -0.2) is 0 Å². The number of hydrogen-bond acceptors (Lipinski definition) is 3. The number of furan rings is 1. The van der Waals surface area contributed by atoms with E-state index < -0.39 is 11.4 Å². The van der Waals surface area contributed by atoms with Crippen LogP contribution in [0.15, 0.2) is 27.1 Å². The van der Waals surface area contributed by atoms with Crippen LogP contribution in [0.2, 0.25) is 0 Å². The van der Waals surface area contributed by atoms with Crippen molar-refractivity contribution in [3.05, 3.63) is 34.0 Å². The van der Waals surface area contributed by atoms with E-state index in [-0.39, 0.29) is 18.2 Å². The molecule has 1 unspecified atom stereocenters. The molecule has 1 fully saturated rings. The van der Waals surface area contributed by atoms with Gasteiger partial charge in [-0.1, -0.05) is 0 Å². The summed E-state index contributed by atoms with van der Waals surface area (Å²) < 4.78 is 6.48. The van der Waals surface area contributed by atoms with E-state index >= 15 is 0 Å². The highest BCUT2D eigenvalue weighted by Gasteiger charge is 2.42. The van der Waals surface area contributed by atoms with E-state index in [1.807, 2.05) is 19.1 Å². The molecule has 1 amide bonds. The fourth-order valence-corrected chi connectivity index (χ4v) is 3.49. The molecule has 22 heavy (non-hydrogen) atoms. The molecule has 3 rings (SSSR count). The van der Waals surface area contributed by atoms with E-state index in [2.05, 4.69) is 15.9 Å². The van der Waals surface area contributed by atoms with Crippen LogP contribution in [0.25, 0.3) is 11.0 Å². The number of amides is 1. The number of aliphatic carboxylic acids is 1. The number of carbonyl (C=O) groups excluding carboxylic acids is 1. The number of carbonyl (C=O) groups is 2. The molecule has 116 valence electrons. The van der Waals surface area contributed by atoms with E-state index in [1.165, 1.54) is 0 Å². The number of likely N-dealkylation sites (tertiary alicyclic amines) is 1. The molecule has 0 bridgehead atoms. The van der Waals surface area contributed by atoms with Crippen molar-refractivity contribution >= 4 is 38.8 Å². The van der Waals surface area contributed by atoms with Crippen molar-refractivity contribution in [3.63, 3.8) is 0 Å². The van der Waals surface area contributed by atoms with Crippen LogP contribution in [0, 0.1) is 12.3 Å². The van der Waals surface area contributed by atoms with E-state index in [9.17, 15) is 14.7 Å². The first-order valence-corrected chi connectivity index (χ1v) is 7.82. The average molecular weight is 366 g/mol. The van der Waals surface area contributed by atoms with Gasteiger partial charge in [-0.3, -0.25) is 9.59 Å². The number of fused-ring (bicyclic) bond motifs is 1. The topological polar surface area (TPSA) is 70.8 Å². The third kappa shape index (κ3) is 2.41. The highest BCUT2D eigenvalue weighted by Crippen LogP contribution is 2.33. The summed E-state index contributed by atoms with van der Waals surface area (Å²) in [4.78, 5) is 25.4. The second-order valence-corrected chi connectivity index (χ2v) is 6.97. The lowest BCUT2D eigenvalue weighted by molar-refractivity contribution is -0.147. The van der Waals surface area contributed by atoms with Gasteiger partial charge in [0, 0.05) is 18.5 Å². The first kappa shape index (κ1) is 15.1. The van der Waals surface area contributed by atoms with Gasteiger partial charge < -0.3 is 14.4 Å². The van der Waals surface area contributed by atoms with Gasteiger partial charge in [0.15, 0.2) is 5.76 Å². The van der Waals surface area contributed by atoms with Gasteiger partial charge in [0.2, 0.25) is 0 Å². The first-order chi connectivity index (χ1) is 10.3. The average Bonchev–Trinajstić information content (AvgIpc) is 3.03. The van der Waals surface area contributed by atoms with E-state index in [0.29, 0.717) is 18.5 Å². The zero-order valence-electron chi connectivity index (χ0n) is 12.4. The molecule has 6 heteroatoms. The molecule has 0 radical (unpaired) electrons. The summed E-state index contributed by atoms with van der Waals surface area (Å²) in [5.41, 5.74) is 0.826. The number of carboxylic acids is 1. The lowest BCUT2D eigenvalue weighted by atomic mass is 9.90. The zero-order valence-corrected chi connectivity index (χ0v) is 13.9. The Morgan fingerprint density at radius 2 is 2.09 bits per heavy atom. The molecule has 1 N–H and O–H groups in total. The predicted molar refractivity (Wildman–Crippen MR) is 84.9 cm³/mol. The molecule has 2 aromatic rings. The zero-order chi connectivity index (χ0) is 16.1. The molecule has 1 saturated heterocycles. The molecule has 1 aliphatic heterocycles. The summed E-state index contributed by atoms with van der Waals surface area (Å²) >= 11 is 3.43. The Morgan fingerprint density at radius 1 is 1.36 bits per heavy atom. The summed E-state index contributed by atoms with van der Waals surface area (Å²) in [6, 6.07) is 5.59. The summed E-state index contributed by atoms with van der Waals surface area (Å²) in [5.74, 6) is -0.882. The normalized spacial score (nSPS) is 21.5. The van der Waals surface area contributed by atoms with E-state index in [1.54, 1.807) is 17.9 Å². The fraction of sp³-hybridized carbons (Fsp3) is 0.375. The Kier molecular flexibility index (Phi) is 3.51. The minimum absolute atomic E-state index is 0.207. The number of rotatable bonds is 2. The maximum atomic E-state index is 12.5. The maximum absolute atomic E-state index is 12.5. The summed E-state index contributed by atoms with van der Waals surface area (Å²) in [7, 11) is 0. The van der Waals surface area contributed by atoms with Crippen molar-refractivity contribution in [1.82, 2.24) is 4.90 Å². The Morgan fingerprint density at radius 3 is 2.73 bits per heavy atom.